The van der Waals surface area contributed by atoms with Gasteiger partial charge < -0.3 is 0 Å². The largest absolute Gasteiger partial charge is 0.0641 e. The number of hydrogen-bond acceptors (Lipinski definition) is 0. The minimum absolute atomic E-state index is 0.101. The molecular formula is C39H26. The molecule has 0 bridgehead atoms. The van der Waals surface area contributed by atoms with Gasteiger partial charge in [0.15, 0.2) is 0 Å². The lowest BCUT2D eigenvalue weighted by Crippen LogP contribution is -2.03. The molecule has 1 atom stereocenters. The fraction of sp³-hybridized carbons (Fsp3) is 0.0256. The van der Waals surface area contributed by atoms with Gasteiger partial charge in [-0.3, -0.25) is 0 Å². The van der Waals surface area contributed by atoms with Crippen molar-refractivity contribution in [3.8, 4) is 23.0 Å². The first kappa shape index (κ1) is 23.0. The van der Waals surface area contributed by atoms with Crippen LogP contribution in [0.25, 0.3) is 27.5 Å². The van der Waals surface area contributed by atoms with Crippen LogP contribution < -0.4 is 0 Å². The smallest absolute Gasteiger partial charge is 0.0375 e. The Morgan fingerprint density at radius 2 is 0.974 bits per heavy atom. The summed E-state index contributed by atoms with van der Waals surface area (Å²) in [6.45, 7) is 0. The van der Waals surface area contributed by atoms with Crippen molar-refractivity contribution in [3.05, 3.63) is 185 Å². The maximum Gasteiger partial charge on any atom is 0.0375 e. The normalized spacial score (nSPS) is 13.8. The van der Waals surface area contributed by atoms with Crippen molar-refractivity contribution in [3.63, 3.8) is 0 Å². The molecule has 7 rings (SSSR count). The van der Waals surface area contributed by atoms with E-state index in [1.165, 1.54) is 49.7 Å². The van der Waals surface area contributed by atoms with Gasteiger partial charge in [-0.05, 0) is 61.9 Å². The minimum Gasteiger partial charge on any atom is -0.0641 e. The quantitative estimate of drug-likeness (QED) is 0.215. The minimum atomic E-state index is 0.101. The summed E-state index contributed by atoms with van der Waals surface area (Å²) < 4.78 is 0. The third kappa shape index (κ3) is 4.15. The highest BCUT2D eigenvalue weighted by atomic mass is 14.3. The Kier molecular flexibility index (Phi) is 5.89. The fourth-order valence-electron chi connectivity index (χ4n) is 5.86. The van der Waals surface area contributed by atoms with Crippen molar-refractivity contribution < 1.29 is 0 Å². The zero-order chi connectivity index (χ0) is 26.0. The van der Waals surface area contributed by atoms with Crippen molar-refractivity contribution in [2.24, 2.45) is 0 Å². The third-order valence-corrected chi connectivity index (χ3v) is 7.58. The second-order valence-corrected chi connectivity index (χ2v) is 9.90. The van der Waals surface area contributed by atoms with Crippen molar-refractivity contribution in [2.75, 3.05) is 0 Å². The van der Waals surface area contributed by atoms with Crippen molar-refractivity contribution in [1.29, 1.82) is 0 Å². The molecule has 1 aliphatic rings. The van der Waals surface area contributed by atoms with Crippen LogP contribution in [-0.4, -0.2) is 0 Å². The Labute approximate surface area is 229 Å². The van der Waals surface area contributed by atoms with Crippen LogP contribution in [0.5, 0.6) is 0 Å². The van der Waals surface area contributed by atoms with E-state index in [0.29, 0.717) is 0 Å². The SMILES string of the molecule is C(#Cc1c2c(c(-c3ccccc3)c3ccccc13)C(c1ccccc1)=CC2c1ccccc1)c1ccccc1. The molecule has 0 N–H and O–H groups in total. The lowest BCUT2D eigenvalue weighted by atomic mass is 9.81. The molecule has 0 radical (unpaired) electrons. The van der Waals surface area contributed by atoms with E-state index in [0.717, 1.165) is 11.1 Å². The Bertz CT molecular complexity index is 1870. The zero-order valence-corrected chi connectivity index (χ0v) is 21.5. The highest BCUT2D eigenvalue weighted by molar-refractivity contribution is 6.09. The molecule has 0 amide bonds. The molecule has 0 fully saturated rings. The average Bonchev–Trinajstić information content (AvgIpc) is 3.41. The molecule has 0 aliphatic heterocycles. The summed E-state index contributed by atoms with van der Waals surface area (Å²) in [6.07, 6.45) is 2.45. The van der Waals surface area contributed by atoms with E-state index in [4.69, 9.17) is 0 Å². The maximum atomic E-state index is 3.67. The van der Waals surface area contributed by atoms with Crippen molar-refractivity contribution >= 4 is 16.3 Å². The predicted molar refractivity (Wildman–Crippen MR) is 164 cm³/mol. The number of fused-ring (bicyclic) bond motifs is 2. The van der Waals surface area contributed by atoms with Crippen LogP contribution in [0, 0.1) is 11.8 Å². The molecule has 6 aromatic rings. The van der Waals surface area contributed by atoms with Crippen LogP contribution in [0.2, 0.25) is 0 Å². The first-order valence-electron chi connectivity index (χ1n) is 13.4. The molecule has 6 aromatic carbocycles. The second-order valence-electron chi connectivity index (χ2n) is 9.90. The van der Waals surface area contributed by atoms with Crippen molar-refractivity contribution in [1.82, 2.24) is 0 Å². The number of rotatable bonds is 3. The molecule has 0 nitrogen and oxygen atoms in total. The molecule has 0 aromatic heterocycles. The highest BCUT2D eigenvalue weighted by Crippen LogP contribution is 2.51. The van der Waals surface area contributed by atoms with Crippen LogP contribution >= 0.6 is 0 Å². The van der Waals surface area contributed by atoms with Crippen LogP contribution in [0.1, 0.15) is 39.3 Å². The Balaban J connectivity index is 1.63. The Morgan fingerprint density at radius 1 is 0.436 bits per heavy atom. The van der Waals surface area contributed by atoms with E-state index >= 15 is 0 Å². The summed E-state index contributed by atoms with van der Waals surface area (Å²) in [5, 5.41) is 2.43. The van der Waals surface area contributed by atoms with E-state index in [1.54, 1.807) is 0 Å². The summed E-state index contributed by atoms with van der Waals surface area (Å²) in [6, 6.07) is 51.5. The first-order chi connectivity index (χ1) is 19.4. The zero-order valence-electron chi connectivity index (χ0n) is 21.5. The second kappa shape index (κ2) is 9.97. The maximum absolute atomic E-state index is 3.67. The number of allylic oxidation sites excluding steroid dienone is 1. The summed E-state index contributed by atoms with van der Waals surface area (Å²) in [5.74, 6) is 7.27. The van der Waals surface area contributed by atoms with Crippen molar-refractivity contribution in [2.45, 2.75) is 5.92 Å². The summed E-state index contributed by atoms with van der Waals surface area (Å²) >= 11 is 0. The monoisotopic (exact) mass is 494 g/mol. The van der Waals surface area contributed by atoms with Gasteiger partial charge >= 0.3 is 0 Å². The van der Waals surface area contributed by atoms with Gasteiger partial charge in [0.25, 0.3) is 0 Å². The Morgan fingerprint density at radius 3 is 1.64 bits per heavy atom. The van der Waals surface area contributed by atoms with Gasteiger partial charge in [0.1, 0.15) is 0 Å². The molecule has 182 valence electrons. The third-order valence-electron chi connectivity index (χ3n) is 7.58. The molecule has 0 saturated carbocycles. The average molecular weight is 495 g/mol. The first-order valence-corrected chi connectivity index (χ1v) is 13.4. The molecule has 39 heavy (non-hydrogen) atoms. The number of hydrogen-bond donors (Lipinski definition) is 0. The molecule has 1 aliphatic carbocycles. The molecule has 1 unspecified atom stereocenters. The van der Waals surface area contributed by atoms with Gasteiger partial charge in [-0.15, -0.1) is 0 Å². The van der Waals surface area contributed by atoms with E-state index in [1.807, 2.05) is 18.2 Å². The van der Waals surface area contributed by atoms with Gasteiger partial charge in [0, 0.05) is 17.0 Å². The molecular weight excluding hydrogens is 468 g/mol. The fourth-order valence-corrected chi connectivity index (χ4v) is 5.86. The summed E-state index contributed by atoms with van der Waals surface area (Å²) in [4.78, 5) is 0. The lowest BCUT2D eigenvalue weighted by Gasteiger charge is -2.21. The van der Waals surface area contributed by atoms with E-state index in [-0.39, 0.29) is 5.92 Å². The molecule has 0 spiro atoms. The van der Waals surface area contributed by atoms with Gasteiger partial charge in [0.2, 0.25) is 0 Å². The van der Waals surface area contributed by atoms with E-state index in [2.05, 4.69) is 145 Å². The van der Waals surface area contributed by atoms with Gasteiger partial charge in [-0.1, -0.05) is 151 Å². The number of benzene rings is 6. The van der Waals surface area contributed by atoms with E-state index in [9.17, 15) is 0 Å². The topological polar surface area (TPSA) is 0 Å². The Hall–Kier alpha value is -5.12. The van der Waals surface area contributed by atoms with Gasteiger partial charge in [0.05, 0.1) is 0 Å². The summed E-state index contributed by atoms with van der Waals surface area (Å²) in [5.41, 5.74) is 11.0. The summed E-state index contributed by atoms with van der Waals surface area (Å²) in [7, 11) is 0. The van der Waals surface area contributed by atoms with Gasteiger partial charge in [-0.25, -0.2) is 0 Å². The highest BCUT2D eigenvalue weighted by Gasteiger charge is 2.32. The standard InChI is InChI=1S/C39H26/c1-5-15-28(16-6-1)25-26-34-32-23-13-14-24-33(32)37(31-21-11-4-12-22-31)39-36(30-19-9-3-10-20-30)27-35(38(34)39)29-17-7-2-8-18-29/h1-24,27,35H. The molecule has 0 saturated heterocycles. The van der Waals surface area contributed by atoms with Crippen LogP contribution in [0.3, 0.4) is 0 Å². The molecule has 0 heteroatoms. The molecule has 0 heterocycles. The van der Waals surface area contributed by atoms with Crippen LogP contribution in [-0.2, 0) is 0 Å². The lowest BCUT2D eigenvalue weighted by molar-refractivity contribution is 1.05. The van der Waals surface area contributed by atoms with Crippen LogP contribution in [0.4, 0.5) is 0 Å². The van der Waals surface area contributed by atoms with E-state index < -0.39 is 0 Å². The van der Waals surface area contributed by atoms with Gasteiger partial charge in [-0.2, -0.15) is 0 Å². The predicted octanol–water partition coefficient (Wildman–Crippen LogP) is 9.48. The van der Waals surface area contributed by atoms with Crippen LogP contribution in [0.15, 0.2) is 152 Å².